The van der Waals surface area contributed by atoms with Gasteiger partial charge in [0.2, 0.25) is 0 Å². The number of carbonyl (C=O) groups excluding carboxylic acids is 1. The number of carbonyl (C=O) groups is 1. The number of rotatable bonds is 4. The Morgan fingerprint density at radius 1 is 1.55 bits per heavy atom. The zero-order valence-electron chi connectivity index (χ0n) is 11.8. The van der Waals surface area contributed by atoms with Crippen LogP contribution in [-0.2, 0) is 0 Å². The molecule has 2 rings (SSSR count). The van der Waals surface area contributed by atoms with Crippen LogP contribution in [-0.4, -0.2) is 41.1 Å². The van der Waals surface area contributed by atoms with Crippen molar-refractivity contribution in [1.29, 1.82) is 0 Å². The Morgan fingerprint density at radius 3 is 3.00 bits per heavy atom. The average molecular weight is 272 g/mol. The highest BCUT2D eigenvalue weighted by Crippen LogP contribution is 2.27. The number of hydrogen-bond donors (Lipinski definition) is 1. The summed E-state index contributed by atoms with van der Waals surface area (Å²) >= 11 is 0. The molecule has 1 aliphatic rings. The molecule has 1 fully saturated rings. The minimum Gasteiger partial charge on any atom is -0.395 e. The van der Waals surface area contributed by atoms with Crippen LogP contribution in [0.3, 0.4) is 0 Å². The van der Waals surface area contributed by atoms with Crippen molar-refractivity contribution in [3.05, 3.63) is 29.6 Å². The normalized spacial score (nSPS) is 14.1. The van der Waals surface area contributed by atoms with Crippen LogP contribution in [0.25, 0.3) is 0 Å². The molecule has 0 bridgehead atoms. The summed E-state index contributed by atoms with van der Waals surface area (Å²) in [5.74, 6) is 6.39. The van der Waals surface area contributed by atoms with Crippen LogP contribution < -0.4 is 0 Å². The number of amides is 1. The van der Waals surface area contributed by atoms with Crippen LogP contribution in [0.1, 0.15) is 41.6 Å². The Kier molecular flexibility index (Phi) is 5.14. The van der Waals surface area contributed by atoms with Gasteiger partial charge in [-0.25, -0.2) is 0 Å². The summed E-state index contributed by atoms with van der Waals surface area (Å²) in [4.78, 5) is 18.2. The second-order valence-electron chi connectivity index (χ2n) is 5.18. The average Bonchev–Trinajstić information content (AvgIpc) is 2.42. The molecular weight excluding hydrogens is 252 g/mol. The van der Waals surface area contributed by atoms with Crippen molar-refractivity contribution in [2.24, 2.45) is 5.92 Å². The zero-order valence-corrected chi connectivity index (χ0v) is 11.8. The highest BCUT2D eigenvalue weighted by molar-refractivity contribution is 5.96. The third-order valence-electron chi connectivity index (χ3n) is 3.61. The largest absolute Gasteiger partial charge is 0.395 e. The van der Waals surface area contributed by atoms with Gasteiger partial charge < -0.3 is 10.0 Å². The monoisotopic (exact) mass is 272 g/mol. The van der Waals surface area contributed by atoms with Crippen LogP contribution in [0.15, 0.2) is 18.5 Å². The van der Waals surface area contributed by atoms with Gasteiger partial charge in [-0.2, -0.15) is 0 Å². The maximum atomic E-state index is 12.5. The molecule has 1 N–H and O–H groups in total. The Morgan fingerprint density at radius 2 is 2.35 bits per heavy atom. The summed E-state index contributed by atoms with van der Waals surface area (Å²) < 4.78 is 0. The lowest BCUT2D eigenvalue weighted by atomic mass is 9.85. The van der Waals surface area contributed by atoms with Gasteiger partial charge in [0, 0.05) is 32.4 Å². The number of nitrogens with zero attached hydrogens (tertiary/aromatic N) is 2. The van der Waals surface area contributed by atoms with Gasteiger partial charge in [-0.1, -0.05) is 18.3 Å². The topological polar surface area (TPSA) is 53.4 Å². The van der Waals surface area contributed by atoms with Gasteiger partial charge in [0.1, 0.15) is 0 Å². The van der Waals surface area contributed by atoms with E-state index >= 15 is 0 Å². The summed E-state index contributed by atoms with van der Waals surface area (Å²) in [7, 11) is 1.84. The second-order valence-corrected chi connectivity index (χ2v) is 5.18. The summed E-state index contributed by atoms with van der Waals surface area (Å²) in [6.07, 6.45) is 7.34. The predicted octanol–water partition coefficient (Wildman–Crippen LogP) is 1.69. The van der Waals surface area contributed by atoms with Crippen LogP contribution >= 0.6 is 0 Å². The highest BCUT2D eigenvalue weighted by atomic mass is 16.2. The van der Waals surface area contributed by atoms with Crippen molar-refractivity contribution in [3.8, 4) is 11.8 Å². The molecule has 1 heterocycles. The van der Waals surface area contributed by atoms with Crippen LogP contribution in [0.2, 0.25) is 0 Å². The first-order valence-corrected chi connectivity index (χ1v) is 7.01. The van der Waals surface area contributed by atoms with E-state index in [4.69, 9.17) is 5.11 Å². The molecule has 0 unspecified atom stereocenters. The lowest BCUT2D eigenvalue weighted by molar-refractivity contribution is 0.0745. The van der Waals surface area contributed by atoms with Crippen LogP contribution in [0.4, 0.5) is 0 Å². The molecule has 0 spiro atoms. The maximum Gasteiger partial charge on any atom is 0.254 e. The second kappa shape index (κ2) is 7.06. The van der Waals surface area contributed by atoms with Crippen molar-refractivity contribution in [2.45, 2.75) is 25.7 Å². The highest BCUT2D eigenvalue weighted by Gasteiger charge is 2.22. The van der Waals surface area contributed by atoms with Gasteiger partial charge >= 0.3 is 0 Å². The van der Waals surface area contributed by atoms with E-state index in [-0.39, 0.29) is 12.5 Å². The van der Waals surface area contributed by atoms with Crippen molar-refractivity contribution in [2.75, 3.05) is 20.2 Å². The molecule has 1 aliphatic carbocycles. The van der Waals surface area contributed by atoms with E-state index in [0.29, 0.717) is 23.5 Å². The molecular formula is C16H20N2O2. The van der Waals surface area contributed by atoms with E-state index in [1.165, 1.54) is 19.3 Å². The minimum absolute atomic E-state index is 0.00685. The first-order valence-electron chi connectivity index (χ1n) is 7.01. The molecule has 0 saturated heterocycles. The molecule has 0 aliphatic heterocycles. The lowest BCUT2D eigenvalue weighted by Gasteiger charge is -2.30. The van der Waals surface area contributed by atoms with Crippen molar-refractivity contribution in [1.82, 2.24) is 9.88 Å². The van der Waals surface area contributed by atoms with Gasteiger partial charge in [0.15, 0.2) is 0 Å². The molecule has 4 nitrogen and oxygen atoms in total. The lowest BCUT2D eigenvalue weighted by Crippen LogP contribution is -2.34. The molecule has 1 aromatic rings. The Hall–Kier alpha value is -1.86. The van der Waals surface area contributed by atoms with E-state index < -0.39 is 0 Å². The summed E-state index contributed by atoms with van der Waals surface area (Å²) in [6, 6.07) is 1.71. The molecule has 4 heteroatoms. The van der Waals surface area contributed by atoms with E-state index in [1.54, 1.807) is 23.4 Å². The SMILES string of the molecule is CN(CC1CCC1)C(=O)c1ccncc1C#CCCO. The van der Waals surface area contributed by atoms with Gasteiger partial charge in [0.05, 0.1) is 17.7 Å². The fourth-order valence-electron chi connectivity index (χ4n) is 2.25. The maximum absolute atomic E-state index is 12.5. The third kappa shape index (κ3) is 3.58. The molecule has 0 aromatic carbocycles. The van der Waals surface area contributed by atoms with Gasteiger partial charge in [-0.3, -0.25) is 9.78 Å². The quantitative estimate of drug-likeness (QED) is 0.849. The number of hydrogen-bond acceptors (Lipinski definition) is 3. The molecule has 1 saturated carbocycles. The first kappa shape index (κ1) is 14.5. The number of pyridine rings is 1. The Balaban J connectivity index is 2.10. The molecule has 106 valence electrons. The van der Waals surface area contributed by atoms with E-state index in [2.05, 4.69) is 16.8 Å². The fraction of sp³-hybridized carbons (Fsp3) is 0.500. The predicted molar refractivity (Wildman–Crippen MR) is 77.1 cm³/mol. The molecule has 0 atom stereocenters. The smallest absolute Gasteiger partial charge is 0.254 e. The van der Waals surface area contributed by atoms with E-state index in [1.807, 2.05) is 7.05 Å². The number of aromatic nitrogens is 1. The van der Waals surface area contributed by atoms with E-state index in [9.17, 15) is 4.79 Å². The third-order valence-corrected chi connectivity index (χ3v) is 3.61. The van der Waals surface area contributed by atoms with Gasteiger partial charge in [-0.15, -0.1) is 0 Å². The standard InChI is InChI=1S/C16H20N2O2/c1-18(12-13-5-4-6-13)16(20)15-8-9-17-11-14(15)7-2-3-10-19/h8-9,11,13,19H,3-6,10,12H2,1H3. The number of aliphatic hydroxyl groups is 1. The Labute approximate surface area is 119 Å². The molecule has 1 aromatic heterocycles. The van der Waals surface area contributed by atoms with Crippen molar-refractivity contribution >= 4 is 5.91 Å². The molecule has 1 amide bonds. The van der Waals surface area contributed by atoms with Crippen LogP contribution in [0, 0.1) is 17.8 Å². The summed E-state index contributed by atoms with van der Waals surface area (Å²) in [6.45, 7) is 0.836. The first-order chi connectivity index (χ1) is 9.72. The zero-order chi connectivity index (χ0) is 14.4. The van der Waals surface area contributed by atoms with Crippen molar-refractivity contribution in [3.63, 3.8) is 0 Å². The van der Waals surface area contributed by atoms with Gasteiger partial charge in [-0.05, 0) is 24.8 Å². The molecule has 0 radical (unpaired) electrons. The summed E-state index contributed by atoms with van der Waals surface area (Å²) in [5, 5.41) is 8.75. The van der Waals surface area contributed by atoms with Gasteiger partial charge in [0.25, 0.3) is 5.91 Å². The molecule has 20 heavy (non-hydrogen) atoms. The Bertz CT molecular complexity index is 527. The van der Waals surface area contributed by atoms with Crippen LogP contribution in [0.5, 0.6) is 0 Å². The van der Waals surface area contributed by atoms with E-state index in [0.717, 1.165) is 6.54 Å². The number of aliphatic hydroxyl groups excluding tert-OH is 1. The fourth-order valence-corrected chi connectivity index (χ4v) is 2.25. The minimum atomic E-state index is -0.00685. The van der Waals surface area contributed by atoms with Crippen molar-refractivity contribution < 1.29 is 9.90 Å². The summed E-state index contributed by atoms with van der Waals surface area (Å²) in [5.41, 5.74) is 1.22.